The van der Waals surface area contributed by atoms with Gasteiger partial charge in [-0.3, -0.25) is 4.79 Å². The van der Waals surface area contributed by atoms with Gasteiger partial charge in [0.15, 0.2) is 0 Å². The Morgan fingerprint density at radius 2 is 1.70 bits per heavy atom. The van der Waals surface area contributed by atoms with Gasteiger partial charge in [-0.05, 0) is 66.6 Å². The summed E-state index contributed by atoms with van der Waals surface area (Å²) in [5, 5.41) is 7.30. The van der Waals surface area contributed by atoms with Crippen molar-refractivity contribution < 1.29 is 4.79 Å². The van der Waals surface area contributed by atoms with E-state index in [0.717, 1.165) is 35.3 Å². The molecule has 1 amide bonds. The zero-order valence-corrected chi connectivity index (χ0v) is 16.5. The Balaban J connectivity index is 2.06. The van der Waals surface area contributed by atoms with Gasteiger partial charge in [-0.25, -0.2) is 4.68 Å². The molecule has 27 heavy (non-hydrogen) atoms. The van der Waals surface area contributed by atoms with Gasteiger partial charge in [-0.1, -0.05) is 38.1 Å². The highest BCUT2D eigenvalue weighted by Crippen LogP contribution is 2.32. The summed E-state index contributed by atoms with van der Waals surface area (Å²) in [6.45, 7) is 6.48. The Labute approximate surface area is 161 Å². The SMILES string of the molecule is CCC(CC)c1ccc(-c2ccc(C(=O)NC)cc2)cc1-n1ccc(C)n1. The predicted octanol–water partition coefficient (Wildman–Crippen LogP) is 5.11. The Hall–Kier alpha value is -2.88. The van der Waals surface area contributed by atoms with Crippen molar-refractivity contribution in [3.63, 3.8) is 0 Å². The fraction of sp³-hybridized carbons (Fsp3) is 0.304. The van der Waals surface area contributed by atoms with Gasteiger partial charge < -0.3 is 5.32 Å². The molecule has 0 aliphatic rings. The molecule has 0 radical (unpaired) electrons. The van der Waals surface area contributed by atoms with Crippen molar-refractivity contribution in [2.24, 2.45) is 0 Å². The van der Waals surface area contributed by atoms with Crippen LogP contribution in [0.15, 0.2) is 54.7 Å². The smallest absolute Gasteiger partial charge is 0.251 e. The summed E-state index contributed by atoms with van der Waals surface area (Å²) >= 11 is 0. The lowest BCUT2D eigenvalue weighted by Gasteiger charge is -2.19. The lowest BCUT2D eigenvalue weighted by atomic mass is 9.90. The van der Waals surface area contributed by atoms with Crippen LogP contribution in [0.5, 0.6) is 0 Å². The molecule has 0 saturated carbocycles. The topological polar surface area (TPSA) is 46.9 Å². The first-order valence-electron chi connectivity index (χ1n) is 9.56. The molecule has 4 heteroatoms. The first kappa shape index (κ1) is 18.9. The number of benzene rings is 2. The zero-order chi connectivity index (χ0) is 19.4. The number of hydrogen-bond donors (Lipinski definition) is 1. The second kappa shape index (κ2) is 8.21. The standard InChI is InChI=1S/C23H27N3O/c1-5-17(6-2)21-12-11-20(15-22(21)26-14-13-16(3)25-26)18-7-9-19(10-8-18)23(27)24-4/h7-15,17H,5-6H2,1-4H3,(H,24,27). The van der Waals surface area contributed by atoms with Crippen molar-refractivity contribution >= 4 is 5.91 Å². The van der Waals surface area contributed by atoms with Crippen molar-refractivity contribution in [3.8, 4) is 16.8 Å². The molecule has 1 aromatic heterocycles. The number of amides is 1. The van der Waals surface area contributed by atoms with Crippen LogP contribution in [0.4, 0.5) is 0 Å². The highest BCUT2D eigenvalue weighted by atomic mass is 16.1. The van der Waals surface area contributed by atoms with Gasteiger partial charge in [0.2, 0.25) is 0 Å². The molecule has 0 bridgehead atoms. The average molecular weight is 361 g/mol. The second-order valence-electron chi connectivity index (χ2n) is 6.85. The highest BCUT2D eigenvalue weighted by Gasteiger charge is 2.15. The van der Waals surface area contributed by atoms with Crippen molar-refractivity contribution in [2.75, 3.05) is 7.05 Å². The van der Waals surface area contributed by atoms with Crippen LogP contribution in [0.2, 0.25) is 0 Å². The maximum atomic E-state index is 11.8. The summed E-state index contributed by atoms with van der Waals surface area (Å²) in [5.74, 6) is 0.438. The van der Waals surface area contributed by atoms with Gasteiger partial charge in [-0.2, -0.15) is 5.10 Å². The molecule has 1 N–H and O–H groups in total. The van der Waals surface area contributed by atoms with E-state index in [1.54, 1.807) is 7.05 Å². The number of nitrogens with zero attached hydrogens (tertiary/aromatic N) is 2. The summed E-state index contributed by atoms with van der Waals surface area (Å²) in [6.07, 6.45) is 4.23. The van der Waals surface area contributed by atoms with Gasteiger partial charge in [-0.15, -0.1) is 0 Å². The summed E-state index contributed by atoms with van der Waals surface area (Å²) in [5.41, 5.74) is 6.34. The van der Waals surface area contributed by atoms with Crippen LogP contribution < -0.4 is 5.32 Å². The molecule has 0 atom stereocenters. The van der Waals surface area contributed by atoms with Crippen LogP contribution in [0.3, 0.4) is 0 Å². The normalized spacial score (nSPS) is 11.0. The Morgan fingerprint density at radius 3 is 2.26 bits per heavy atom. The molecular formula is C23H27N3O. The minimum atomic E-state index is -0.0710. The molecule has 1 heterocycles. The summed E-state index contributed by atoms with van der Waals surface area (Å²) in [4.78, 5) is 11.8. The molecule has 0 spiro atoms. The molecule has 2 aromatic carbocycles. The Bertz CT molecular complexity index is 921. The Kier molecular flexibility index (Phi) is 5.75. The van der Waals surface area contributed by atoms with Crippen LogP contribution in [0.1, 0.15) is 54.2 Å². The van der Waals surface area contributed by atoms with Crippen LogP contribution in [0.25, 0.3) is 16.8 Å². The second-order valence-corrected chi connectivity index (χ2v) is 6.85. The van der Waals surface area contributed by atoms with E-state index in [1.165, 1.54) is 5.56 Å². The highest BCUT2D eigenvalue weighted by molar-refractivity contribution is 5.94. The van der Waals surface area contributed by atoms with Gasteiger partial charge in [0.25, 0.3) is 5.91 Å². The van der Waals surface area contributed by atoms with E-state index >= 15 is 0 Å². The largest absolute Gasteiger partial charge is 0.355 e. The third kappa shape index (κ3) is 3.95. The van der Waals surface area contributed by atoms with Crippen molar-refractivity contribution in [2.45, 2.75) is 39.5 Å². The lowest BCUT2D eigenvalue weighted by molar-refractivity contribution is 0.0963. The number of aromatic nitrogens is 2. The third-order valence-electron chi connectivity index (χ3n) is 5.13. The molecule has 0 saturated heterocycles. The average Bonchev–Trinajstić information content (AvgIpc) is 3.15. The number of carbonyl (C=O) groups excluding carboxylic acids is 1. The van der Waals surface area contributed by atoms with Crippen LogP contribution in [-0.4, -0.2) is 22.7 Å². The molecule has 4 nitrogen and oxygen atoms in total. The maximum Gasteiger partial charge on any atom is 0.251 e. The maximum absolute atomic E-state index is 11.8. The number of rotatable bonds is 6. The summed E-state index contributed by atoms with van der Waals surface area (Å²) < 4.78 is 1.98. The van der Waals surface area contributed by atoms with E-state index in [9.17, 15) is 4.79 Å². The lowest BCUT2D eigenvalue weighted by Crippen LogP contribution is -2.17. The minimum absolute atomic E-state index is 0.0710. The number of aryl methyl sites for hydroxylation is 1. The third-order valence-corrected chi connectivity index (χ3v) is 5.13. The molecule has 3 rings (SSSR count). The first-order chi connectivity index (χ1) is 13.1. The van der Waals surface area contributed by atoms with E-state index in [2.05, 4.69) is 42.5 Å². The van der Waals surface area contributed by atoms with Gasteiger partial charge in [0, 0.05) is 18.8 Å². The monoisotopic (exact) mass is 361 g/mol. The Morgan fingerprint density at radius 1 is 1.04 bits per heavy atom. The van der Waals surface area contributed by atoms with E-state index in [4.69, 9.17) is 0 Å². The van der Waals surface area contributed by atoms with Gasteiger partial charge in [0.1, 0.15) is 0 Å². The number of nitrogens with one attached hydrogen (secondary N) is 1. The molecule has 0 fully saturated rings. The van der Waals surface area contributed by atoms with Crippen LogP contribution in [0, 0.1) is 6.92 Å². The predicted molar refractivity (Wildman–Crippen MR) is 110 cm³/mol. The molecular weight excluding hydrogens is 334 g/mol. The van der Waals surface area contributed by atoms with Gasteiger partial charge in [0.05, 0.1) is 11.4 Å². The minimum Gasteiger partial charge on any atom is -0.355 e. The van der Waals surface area contributed by atoms with Crippen molar-refractivity contribution in [1.29, 1.82) is 0 Å². The zero-order valence-electron chi connectivity index (χ0n) is 16.5. The molecule has 0 aliphatic heterocycles. The quantitative estimate of drug-likeness (QED) is 0.663. The fourth-order valence-electron chi connectivity index (χ4n) is 3.50. The first-order valence-corrected chi connectivity index (χ1v) is 9.56. The van der Waals surface area contributed by atoms with Crippen molar-refractivity contribution in [1.82, 2.24) is 15.1 Å². The number of carbonyl (C=O) groups is 1. The van der Waals surface area contributed by atoms with E-state index < -0.39 is 0 Å². The summed E-state index contributed by atoms with van der Waals surface area (Å²) in [7, 11) is 1.64. The molecule has 0 unspecified atom stereocenters. The molecule has 140 valence electrons. The van der Waals surface area contributed by atoms with Crippen molar-refractivity contribution in [3.05, 3.63) is 71.5 Å². The van der Waals surface area contributed by atoms with E-state index in [-0.39, 0.29) is 5.91 Å². The number of hydrogen-bond acceptors (Lipinski definition) is 2. The van der Waals surface area contributed by atoms with Crippen LogP contribution >= 0.6 is 0 Å². The van der Waals surface area contributed by atoms with Gasteiger partial charge >= 0.3 is 0 Å². The van der Waals surface area contributed by atoms with Crippen LogP contribution in [-0.2, 0) is 0 Å². The van der Waals surface area contributed by atoms with E-state index in [0.29, 0.717) is 11.5 Å². The molecule has 0 aliphatic carbocycles. The summed E-state index contributed by atoms with van der Waals surface area (Å²) in [6, 6.07) is 16.3. The molecule has 3 aromatic rings. The van der Waals surface area contributed by atoms with E-state index in [1.807, 2.05) is 48.1 Å². The fourth-order valence-corrected chi connectivity index (χ4v) is 3.50.